The van der Waals surface area contributed by atoms with Gasteiger partial charge in [0.2, 0.25) is 63.9 Å². The van der Waals surface area contributed by atoms with Crippen LogP contribution < -0.4 is 19.6 Å². The van der Waals surface area contributed by atoms with Crippen molar-refractivity contribution in [2.45, 2.75) is 205 Å². The number of anilines is 4. The summed E-state index contributed by atoms with van der Waals surface area (Å²) in [6, 6.07) is 0. The van der Waals surface area contributed by atoms with Crippen molar-refractivity contribution in [1.82, 2.24) is 57.1 Å². The predicted molar refractivity (Wildman–Crippen MR) is 484 cm³/mol. The van der Waals surface area contributed by atoms with E-state index in [1.165, 1.54) is 77.0 Å². The zero-order valence-corrected chi connectivity index (χ0v) is 79.0. The fourth-order valence-corrected chi connectivity index (χ4v) is 27.5. The summed E-state index contributed by atoms with van der Waals surface area (Å²) in [6.45, 7) is 23.9. The molecule has 0 amide bonds. The number of hydrogen-bond donors (Lipinski definition) is 0. The van der Waals surface area contributed by atoms with Crippen molar-refractivity contribution >= 4 is 110 Å². The highest BCUT2D eigenvalue weighted by atomic mass is 35.5. The van der Waals surface area contributed by atoms with E-state index in [0.717, 1.165) is 240 Å². The Morgan fingerprint density at radius 1 is 0.309 bits per heavy atom. The van der Waals surface area contributed by atoms with Gasteiger partial charge in [0.15, 0.2) is 0 Å². The molecule has 4 aromatic rings. The van der Waals surface area contributed by atoms with Gasteiger partial charge in [-0.15, -0.1) is 0 Å². The molecule has 0 spiro atoms. The lowest BCUT2D eigenvalue weighted by molar-refractivity contribution is 0.0120. The molecule has 0 unspecified atom stereocenters. The molecule has 28 nitrogen and oxygen atoms in total. The lowest BCUT2D eigenvalue weighted by atomic mass is 9.91. The molecule has 5 saturated carbocycles. The molecule has 5 aliphatic carbocycles. The van der Waals surface area contributed by atoms with Gasteiger partial charge in [-0.2, -0.15) is 0 Å². The Balaban J connectivity index is 0.000000134. The average Bonchev–Trinajstić information content (AvgIpc) is 1.66. The largest absolute Gasteiger partial charge is 0.381 e. The Hall–Kier alpha value is -3.84. The van der Waals surface area contributed by atoms with Gasteiger partial charge in [-0.3, -0.25) is 0 Å². The summed E-state index contributed by atoms with van der Waals surface area (Å²) >= 11 is 23.5. The second kappa shape index (κ2) is 44.9. The molecule has 36 heteroatoms. The van der Waals surface area contributed by atoms with Crippen LogP contribution in [0.4, 0.5) is 23.8 Å². The van der Waals surface area contributed by atoms with Gasteiger partial charge >= 0.3 is 0 Å². The topological polar surface area (TPSA) is 303 Å². The normalized spacial score (nSPS) is 27.0. The van der Waals surface area contributed by atoms with E-state index in [1.807, 2.05) is 20.8 Å². The molecule has 4 aromatic heterocycles. The summed E-state index contributed by atoms with van der Waals surface area (Å²) in [5.41, 5.74) is 0. The highest BCUT2D eigenvalue weighted by molar-refractivity contribution is 7.90. The Bertz CT molecular complexity index is 4220. The molecule has 0 aromatic carbocycles. The molecule has 17 rings (SSSR count). The number of unbranched alkanes of at least 4 members (excludes halogenated alkanes) is 1. The van der Waals surface area contributed by atoms with E-state index in [0.29, 0.717) is 127 Å². The van der Waals surface area contributed by atoms with Gasteiger partial charge in [0.05, 0.1) is 118 Å². The third-order valence-electron chi connectivity index (χ3n) is 28.6. The van der Waals surface area contributed by atoms with Crippen LogP contribution in [-0.2, 0) is 59.0 Å². The molecule has 13 fully saturated rings. The highest BCUT2D eigenvalue weighted by Gasteiger charge is 2.49. The predicted octanol–water partition coefficient (Wildman–Crippen LogP) is 13.5. The van der Waals surface area contributed by atoms with E-state index in [4.69, 9.17) is 65.4 Å². The molecule has 0 radical (unpaired) electrons. The van der Waals surface area contributed by atoms with E-state index < -0.39 is 40.1 Å². The molecular weight excluding hydrogens is 1730 g/mol. The van der Waals surface area contributed by atoms with Crippen LogP contribution in [0, 0.1) is 82.9 Å². The molecule has 13 aliphatic rings. The molecule has 12 heterocycles. The number of hydrogen-bond acceptors (Lipinski definition) is 24. The van der Waals surface area contributed by atoms with Crippen molar-refractivity contribution in [3.63, 3.8) is 0 Å². The zero-order chi connectivity index (χ0) is 86.3. The van der Waals surface area contributed by atoms with Crippen LogP contribution in [0.25, 0.3) is 0 Å². The van der Waals surface area contributed by atoms with Gasteiger partial charge in [0.25, 0.3) is 0 Å². The lowest BCUT2D eigenvalue weighted by Crippen LogP contribution is -2.42. The quantitative estimate of drug-likeness (QED) is 0.0419. The molecule has 123 heavy (non-hydrogen) atoms. The molecule has 688 valence electrons. The van der Waals surface area contributed by atoms with Crippen molar-refractivity contribution in [2.24, 2.45) is 82.9 Å². The number of ether oxygens (including phenoxy) is 4. The van der Waals surface area contributed by atoms with Crippen molar-refractivity contribution in [2.75, 3.05) is 181 Å². The first-order chi connectivity index (χ1) is 59.4. The van der Waals surface area contributed by atoms with Crippen LogP contribution in [0.1, 0.15) is 188 Å². The van der Waals surface area contributed by atoms with Crippen LogP contribution in [0.3, 0.4) is 0 Å². The summed E-state index contributed by atoms with van der Waals surface area (Å²) in [5.74, 6) is 14.0. The Labute approximate surface area is 753 Å². The summed E-state index contributed by atoms with van der Waals surface area (Å²) < 4.78 is 129. The Morgan fingerprint density at radius 2 is 0.569 bits per heavy atom. The standard InChI is InChI=1S/C23H37ClN4O3S.C22H33ClN4O3S.2C21H33ClN4O3S/c1-2-3-12-32(29,30)28-10-4-18(5-11-28)16-31-17-20-13-22(20)19-6-8-27(9-7-19)23-25-14-21(24)15-26-23;23-19-12-24-22(25-13-19)26-7-5-17(6-8-26)21-11-18(21)15-30-14-16-3-9-27(10-4-16)31(28,29)20-1-2-20;2*1-2-11-30(27,28)26-9-5-19(6-10-26)29-15-17-12-20(17)16-3-7-25(8-4-16)21-23-13-18(22)14-24-21/h14-15,18-20,22H,2-13,16-17H2,1H3;12-13,16-18,20-21H,1-11,14-15H2;2*13-14,16-17,19-20H,2-12,15H2,1H3/t20-,22+;18-,21+;2*17-,20+/m0000/s1. The smallest absolute Gasteiger partial charge is 0.225 e. The molecule has 8 saturated heterocycles. The first-order valence-electron chi connectivity index (χ1n) is 46.6. The van der Waals surface area contributed by atoms with Gasteiger partial charge in [-0.1, -0.05) is 73.6 Å². The summed E-state index contributed by atoms with van der Waals surface area (Å²) in [4.78, 5) is 43.7. The minimum absolute atomic E-state index is 0.0855. The zero-order valence-electron chi connectivity index (χ0n) is 72.7. The average molecular weight is 1870 g/mol. The van der Waals surface area contributed by atoms with Crippen molar-refractivity contribution in [3.8, 4) is 0 Å². The van der Waals surface area contributed by atoms with E-state index >= 15 is 0 Å². The Kier molecular flexibility index (Phi) is 34.7. The van der Waals surface area contributed by atoms with Crippen molar-refractivity contribution in [1.29, 1.82) is 0 Å². The van der Waals surface area contributed by atoms with Gasteiger partial charge in [-0.25, -0.2) is 90.8 Å². The highest BCUT2D eigenvalue weighted by Crippen LogP contribution is 2.52. The summed E-state index contributed by atoms with van der Waals surface area (Å²) in [6.07, 6.45) is 40.1. The van der Waals surface area contributed by atoms with Crippen LogP contribution in [0.15, 0.2) is 49.6 Å². The van der Waals surface area contributed by atoms with Crippen molar-refractivity contribution in [3.05, 3.63) is 69.7 Å². The maximum atomic E-state index is 12.3. The first-order valence-corrected chi connectivity index (χ1v) is 54.4. The van der Waals surface area contributed by atoms with Crippen LogP contribution >= 0.6 is 46.4 Å². The number of rotatable bonds is 34. The van der Waals surface area contributed by atoms with E-state index in [9.17, 15) is 33.7 Å². The van der Waals surface area contributed by atoms with Crippen molar-refractivity contribution < 1.29 is 52.6 Å². The molecular formula is C87H136Cl4N16O12S4. The SMILES string of the molecule is CCCCS(=O)(=O)N1CCC(COC[C@@H]2C[C@@H]2C2CCN(c3ncc(Cl)cn3)CC2)CC1.CCCS(=O)(=O)N1CCC(OC[C@@H]2C[C@@H]2C2CCN(c3ncc(Cl)cn3)CC2)CC1.CCCS(=O)(=O)N1CCC(OC[C@@H]2C[C@@H]2C2CCN(c3ncc(Cl)cn3)CC2)CC1.O=S(=O)(C1CC1)N1CCC(COC[C@@H]2C[C@@H]2C2CCN(c3ncc(Cl)cn3)CC2)CC1. The third-order valence-corrected chi connectivity index (χ3v) is 37.9. The fraction of sp³-hybridized carbons (Fsp3) is 0.816. The summed E-state index contributed by atoms with van der Waals surface area (Å²) in [7, 11) is -12.2. The number of aromatic nitrogens is 8. The lowest BCUT2D eigenvalue weighted by Gasteiger charge is -2.32. The van der Waals surface area contributed by atoms with E-state index in [2.05, 4.69) is 59.5 Å². The van der Waals surface area contributed by atoms with Gasteiger partial charge in [0, 0.05) is 131 Å². The van der Waals surface area contributed by atoms with Gasteiger partial charge < -0.3 is 38.5 Å². The van der Waals surface area contributed by atoms with Crippen LogP contribution in [0.5, 0.6) is 0 Å². The fourth-order valence-electron chi connectivity index (χ4n) is 20.5. The third kappa shape index (κ3) is 27.6. The molecule has 0 bridgehead atoms. The van der Waals surface area contributed by atoms with Crippen LogP contribution in [0.2, 0.25) is 20.1 Å². The monoisotopic (exact) mass is 1860 g/mol. The molecule has 8 atom stereocenters. The molecule has 8 aliphatic heterocycles. The van der Waals surface area contributed by atoms with Gasteiger partial charge in [-0.05, 0) is 243 Å². The minimum atomic E-state index is -3.07. The minimum Gasteiger partial charge on any atom is -0.381 e. The Morgan fingerprint density at radius 3 is 0.837 bits per heavy atom. The number of piperidine rings is 8. The maximum absolute atomic E-state index is 12.3. The van der Waals surface area contributed by atoms with Crippen LogP contribution in [-0.4, -0.2) is 270 Å². The number of halogens is 4. The maximum Gasteiger partial charge on any atom is 0.225 e. The van der Waals surface area contributed by atoms with E-state index in [1.54, 1.807) is 66.8 Å². The second-order valence-electron chi connectivity index (χ2n) is 37.4. The van der Waals surface area contributed by atoms with E-state index in [-0.39, 0.29) is 29.0 Å². The van der Waals surface area contributed by atoms with Gasteiger partial charge in [0.1, 0.15) is 0 Å². The summed E-state index contributed by atoms with van der Waals surface area (Å²) in [5, 5.41) is 2.21. The first kappa shape index (κ1) is 95.3. The number of sulfonamides is 4. The second-order valence-corrected chi connectivity index (χ2v) is 47.6. The molecule has 0 N–H and O–H groups in total. The number of nitrogens with zero attached hydrogens (tertiary/aromatic N) is 16.